The summed E-state index contributed by atoms with van der Waals surface area (Å²) in [7, 11) is 0. The lowest BCUT2D eigenvalue weighted by Gasteiger charge is -2.28. The normalized spacial score (nSPS) is 25.2. The van der Waals surface area contributed by atoms with E-state index >= 15 is 0 Å². The molecule has 3 aliphatic rings. The number of carbonyl (C=O) groups is 2. The summed E-state index contributed by atoms with van der Waals surface area (Å²) in [6.07, 6.45) is 6.53. The molecule has 146 valence electrons. The van der Waals surface area contributed by atoms with Crippen molar-refractivity contribution in [1.29, 1.82) is 0 Å². The zero-order chi connectivity index (χ0) is 18.8. The van der Waals surface area contributed by atoms with E-state index in [0.717, 1.165) is 32.6 Å². The Morgan fingerprint density at radius 2 is 1.85 bits per heavy atom. The molecule has 27 heavy (non-hydrogen) atoms. The van der Waals surface area contributed by atoms with Gasteiger partial charge in [-0.05, 0) is 31.4 Å². The molecule has 6 nitrogen and oxygen atoms in total. The van der Waals surface area contributed by atoms with Gasteiger partial charge in [0, 0.05) is 56.9 Å². The molecule has 1 N–H and O–H groups in total. The van der Waals surface area contributed by atoms with Crippen LogP contribution in [0.15, 0.2) is 24.3 Å². The van der Waals surface area contributed by atoms with Gasteiger partial charge in [-0.3, -0.25) is 14.5 Å². The van der Waals surface area contributed by atoms with Crippen molar-refractivity contribution in [2.45, 2.75) is 44.6 Å². The van der Waals surface area contributed by atoms with Gasteiger partial charge < -0.3 is 14.9 Å². The molecule has 1 aliphatic carbocycles. The molecule has 0 radical (unpaired) electrons. The van der Waals surface area contributed by atoms with Crippen LogP contribution in [0.1, 0.15) is 38.5 Å². The minimum atomic E-state index is -0.280. The fourth-order valence-electron chi connectivity index (χ4n) is 4.83. The number of carbonyl (C=O) groups excluding carboxylic acids is 2. The fraction of sp³-hybridized carbons (Fsp3) is 0.619. The number of nitrogens with zero attached hydrogens (tertiary/aromatic N) is 3. The van der Waals surface area contributed by atoms with E-state index in [1.807, 2.05) is 4.90 Å². The Labute approximate surface area is 160 Å². The summed E-state index contributed by atoms with van der Waals surface area (Å²) in [5, 5.41) is 9.67. The highest BCUT2D eigenvalue weighted by atomic mass is 16.3. The summed E-state index contributed by atoms with van der Waals surface area (Å²) in [6, 6.07) is 7.39. The van der Waals surface area contributed by atoms with Gasteiger partial charge in [0.15, 0.2) is 0 Å². The van der Waals surface area contributed by atoms with E-state index in [-0.39, 0.29) is 29.9 Å². The van der Waals surface area contributed by atoms with E-state index in [1.54, 1.807) is 29.2 Å². The molecule has 2 saturated heterocycles. The molecule has 0 bridgehead atoms. The number of phenols is 1. The van der Waals surface area contributed by atoms with Gasteiger partial charge >= 0.3 is 0 Å². The van der Waals surface area contributed by atoms with Gasteiger partial charge in [-0.15, -0.1) is 0 Å². The van der Waals surface area contributed by atoms with Crippen LogP contribution in [0.2, 0.25) is 0 Å². The van der Waals surface area contributed by atoms with Crippen molar-refractivity contribution in [3.63, 3.8) is 0 Å². The van der Waals surface area contributed by atoms with Crippen molar-refractivity contribution in [1.82, 2.24) is 9.80 Å². The van der Waals surface area contributed by atoms with E-state index in [2.05, 4.69) is 4.90 Å². The third-order valence-corrected chi connectivity index (χ3v) is 6.30. The summed E-state index contributed by atoms with van der Waals surface area (Å²) < 4.78 is 0. The summed E-state index contributed by atoms with van der Waals surface area (Å²) in [6.45, 7) is 4.00. The number of hydrogen-bond acceptors (Lipinski definition) is 4. The Kier molecular flexibility index (Phi) is 5.34. The van der Waals surface area contributed by atoms with Crippen molar-refractivity contribution >= 4 is 17.5 Å². The quantitative estimate of drug-likeness (QED) is 0.885. The molecule has 0 unspecified atom stereocenters. The number of aromatic hydroxyl groups is 1. The number of benzene rings is 1. The maximum atomic E-state index is 13.0. The first-order chi connectivity index (χ1) is 13.1. The van der Waals surface area contributed by atoms with E-state index in [4.69, 9.17) is 0 Å². The third-order valence-electron chi connectivity index (χ3n) is 6.30. The maximum absolute atomic E-state index is 13.0. The van der Waals surface area contributed by atoms with E-state index in [9.17, 15) is 14.7 Å². The van der Waals surface area contributed by atoms with Gasteiger partial charge in [-0.1, -0.05) is 18.9 Å². The minimum absolute atomic E-state index is 0.0404. The van der Waals surface area contributed by atoms with Crippen LogP contribution in [0.25, 0.3) is 0 Å². The second-order valence-corrected chi connectivity index (χ2v) is 8.08. The summed E-state index contributed by atoms with van der Waals surface area (Å²) in [4.78, 5) is 31.7. The molecule has 2 amide bonds. The zero-order valence-electron chi connectivity index (χ0n) is 15.8. The molecule has 4 rings (SSSR count). The number of rotatable bonds is 3. The second kappa shape index (κ2) is 7.89. The molecule has 2 heterocycles. The number of amides is 2. The largest absolute Gasteiger partial charge is 0.508 e. The molecular formula is C21H29N3O3. The molecule has 0 spiro atoms. The van der Waals surface area contributed by atoms with E-state index < -0.39 is 0 Å². The monoisotopic (exact) mass is 371 g/mol. The fourth-order valence-corrected chi connectivity index (χ4v) is 4.83. The third kappa shape index (κ3) is 3.95. The Morgan fingerprint density at radius 3 is 2.63 bits per heavy atom. The molecule has 2 aliphatic heterocycles. The first-order valence-corrected chi connectivity index (χ1v) is 10.2. The lowest BCUT2D eigenvalue weighted by molar-refractivity contribution is -0.135. The van der Waals surface area contributed by atoms with Gasteiger partial charge in [-0.2, -0.15) is 0 Å². The van der Waals surface area contributed by atoms with E-state index in [1.165, 1.54) is 25.7 Å². The van der Waals surface area contributed by atoms with Gasteiger partial charge in [0.05, 0.1) is 5.92 Å². The van der Waals surface area contributed by atoms with Crippen molar-refractivity contribution < 1.29 is 14.7 Å². The predicted octanol–water partition coefficient (Wildman–Crippen LogP) is 2.22. The summed E-state index contributed by atoms with van der Waals surface area (Å²) >= 11 is 0. The molecule has 3 fully saturated rings. The van der Waals surface area contributed by atoms with Crippen LogP contribution in [0.5, 0.6) is 5.75 Å². The first-order valence-electron chi connectivity index (χ1n) is 10.2. The average molecular weight is 371 g/mol. The molecule has 0 aromatic heterocycles. The van der Waals surface area contributed by atoms with Gasteiger partial charge in [0.25, 0.3) is 0 Å². The highest BCUT2D eigenvalue weighted by molar-refractivity contribution is 6.00. The van der Waals surface area contributed by atoms with Crippen LogP contribution in [0, 0.1) is 5.92 Å². The molecule has 1 atom stereocenters. The molecule has 1 aromatic carbocycles. The van der Waals surface area contributed by atoms with Crippen molar-refractivity contribution in [2.24, 2.45) is 5.92 Å². The first kappa shape index (κ1) is 18.3. The molecule has 6 heteroatoms. The zero-order valence-corrected chi connectivity index (χ0v) is 15.8. The Morgan fingerprint density at radius 1 is 1.04 bits per heavy atom. The Balaban J connectivity index is 1.37. The van der Waals surface area contributed by atoms with Crippen molar-refractivity contribution in [3.05, 3.63) is 24.3 Å². The molecular weight excluding hydrogens is 342 g/mol. The highest BCUT2D eigenvalue weighted by Gasteiger charge is 2.38. The lowest BCUT2D eigenvalue weighted by Crippen LogP contribution is -2.41. The number of phenolic OH excluding ortho intramolecular Hbond substituents is 1. The minimum Gasteiger partial charge on any atom is -0.508 e. The summed E-state index contributed by atoms with van der Waals surface area (Å²) in [5.74, 6) is -0.0758. The van der Waals surface area contributed by atoms with Crippen LogP contribution < -0.4 is 4.90 Å². The number of hydrogen-bond donors (Lipinski definition) is 1. The topological polar surface area (TPSA) is 64.1 Å². The van der Waals surface area contributed by atoms with Crippen molar-refractivity contribution in [3.8, 4) is 5.75 Å². The SMILES string of the molecule is O=C([C@H]1CC(=O)N(c2cccc(O)c2)C1)N1CCCN(C2CCCC2)CC1. The van der Waals surface area contributed by atoms with Crippen LogP contribution >= 0.6 is 0 Å². The molecule has 1 saturated carbocycles. The maximum Gasteiger partial charge on any atom is 0.228 e. The standard InChI is InChI=1S/C21H29N3O3/c25-19-8-3-7-18(14-19)24-15-16(13-20(24)26)21(27)23-10-4-9-22(11-12-23)17-5-1-2-6-17/h3,7-8,14,16-17,25H,1-2,4-6,9-13,15H2/t16-/m0/s1. The predicted molar refractivity (Wildman–Crippen MR) is 104 cm³/mol. The lowest BCUT2D eigenvalue weighted by atomic mass is 10.1. The van der Waals surface area contributed by atoms with Gasteiger partial charge in [0.2, 0.25) is 11.8 Å². The van der Waals surface area contributed by atoms with Crippen LogP contribution in [0.4, 0.5) is 5.69 Å². The smallest absolute Gasteiger partial charge is 0.228 e. The highest BCUT2D eigenvalue weighted by Crippen LogP contribution is 2.29. The van der Waals surface area contributed by atoms with Crippen molar-refractivity contribution in [2.75, 3.05) is 37.6 Å². The second-order valence-electron chi connectivity index (χ2n) is 8.08. The van der Waals surface area contributed by atoms with Gasteiger partial charge in [-0.25, -0.2) is 0 Å². The van der Waals surface area contributed by atoms with Crippen LogP contribution in [-0.2, 0) is 9.59 Å². The Hall–Kier alpha value is -2.08. The van der Waals surface area contributed by atoms with Crippen LogP contribution in [0.3, 0.4) is 0 Å². The van der Waals surface area contributed by atoms with Crippen LogP contribution in [-0.4, -0.2) is 65.5 Å². The molecule has 1 aromatic rings. The Bertz CT molecular complexity index is 702. The van der Waals surface area contributed by atoms with E-state index in [0.29, 0.717) is 18.3 Å². The average Bonchev–Trinajstić information content (AvgIpc) is 3.26. The van der Waals surface area contributed by atoms with Gasteiger partial charge in [0.1, 0.15) is 5.75 Å². The number of anilines is 1. The summed E-state index contributed by atoms with van der Waals surface area (Å²) in [5.41, 5.74) is 0.665.